The fourth-order valence-electron chi connectivity index (χ4n) is 4.02. The topological polar surface area (TPSA) is 38.3 Å². The van der Waals surface area contributed by atoms with Crippen LogP contribution in [0.1, 0.15) is 30.4 Å². The number of hydrogen-bond donors (Lipinski definition) is 1. The zero-order valence-electron chi connectivity index (χ0n) is 11.6. The van der Waals surface area contributed by atoms with Gasteiger partial charge in [0.05, 0.1) is 12.5 Å². The van der Waals surface area contributed by atoms with E-state index in [1.807, 2.05) is 13.0 Å². The summed E-state index contributed by atoms with van der Waals surface area (Å²) in [5.74, 6) is 2.23. The average Bonchev–Trinajstić information content (AvgIpc) is 2.47. The van der Waals surface area contributed by atoms with E-state index < -0.39 is 0 Å². The third-order valence-electron chi connectivity index (χ3n) is 4.95. The molecule has 3 heteroatoms. The molecule has 4 unspecified atom stereocenters. The molecule has 20 heavy (non-hydrogen) atoms. The first-order valence-corrected chi connectivity index (χ1v) is 7.50. The predicted molar refractivity (Wildman–Crippen MR) is 76.7 cm³/mol. The minimum atomic E-state index is 0.0872. The number of allylic oxidation sites excluding steroid dienone is 1. The number of benzene rings is 1. The molecule has 1 amide bonds. The second kappa shape index (κ2) is 4.37. The second-order valence-electron chi connectivity index (χ2n) is 6.03. The highest BCUT2D eigenvalue weighted by Crippen LogP contribution is 2.46. The first-order valence-electron chi connectivity index (χ1n) is 7.50. The molecular weight excluding hydrogens is 250 g/mol. The monoisotopic (exact) mass is 269 g/mol. The highest BCUT2D eigenvalue weighted by Gasteiger charge is 2.44. The highest BCUT2D eigenvalue weighted by atomic mass is 16.5. The molecule has 104 valence electrons. The Morgan fingerprint density at radius 3 is 3.10 bits per heavy atom. The van der Waals surface area contributed by atoms with Crippen molar-refractivity contribution in [3.63, 3.8) is 0 Å². The molecule has 3 aliphatic rings. The lowest BCUT2D eigenvalue weighted by Crippen LogP contribution is -2.54. The molecule has 4 rings (SSSR count). The van der Waals surface area contributed by atoms with Gasteiger partial charge in [0.15, 0.2) is 0 Å². The molecule has 3 nitrogen and oxygen atoms in total. The average molecular weight is 269 g/mol. The maximum absolute atomic E-state index is 12.0. The Labute approximate surface area is 119 Å². The van der Waals surface area contributed by atoms with Crippen molar-refractivity contribution in [2.45, 2.75) is 31.7 Å². The van der Waals surface area contributed by atoms with Gasteiger partial charge >= 0.3 is 0 Å². The van der Waals surface area contributed by atoms with Crippen LogP contribution >= 0.6 is 0 Å². The Kier molecular flexibility index (Phi) is 2.62. The van der Waals surface area contributed by atoms with Crippen LogP contribution in [-0.2, 0) is 11.2 Å². The van der Waals surface area contributed by atoms with Gasteiger partial charge in [-0.05, 0) is 48.9 Å². The molecule has 1 heterocycles. The van der Waals surface area contributed by atoms with Gasteiger partial charge < -0.3 is 10.1 Å². The molecule has 0 radical (unpaired) electrons. The van der Waals surface area contributed by atoms with Crippen LogP contribution in [0.3, 0.4) is 0 Å². The van der Waals surface area contributed by atoms with Gasteiger partial charge in [-0.25, -0.2) is 0 Å². The molecule has 0 spiro atoms. The molecule has 2 bridgehead atoms. The minimum Gasteiger partial charge on any atom is -0.494 e. The van der Waals surface area contributed by atoms with Gasteiger partial charge in [0.2, 0.25) is 5.91 Å². The number of carbonyl (C=O) groups is 1. The molecule has 1 saturated heterocycles. The van der Waals surface area contributed by atoms with Crippen LogP contribution < -0.4 is 10.1 Å². The maximum Gasteiger partial charge on any atom is 0.227 e. The molecule has 4 atom stereocenters. The van der Waals surface area contributed by atoms with Crippen LogP contribution in [0.2, 0.25) is 0 Å². The lowest BCUT2D eigenvalue weighted by atomic mass is 9.64. The summed E-state index contributed by atoms with van der Waals surface area (Å²) in [4.78, 5) is 12.0. The van der Waals surface area contributed by atoms with Crippen LogP contribution in [0.4, 0.5) is 0 Å². The lowest BCUT2D eigenvalue weighted by Gasteiger charge is -2.46. The van der Waals surface area contributed by atoms with Gasteiger partial charge in [-0.15, -0.1) is 0 Å². The van der Waals surface area contributed by atoms with Crippen molar-refractivity contribution < 1.29 is 9.53 Å². The number of amides is 1. The zero-order valence-corrected chi connectivity index (χ0v) is 11.6. The second-order valence-corrected chi connectivity index (χ2v) is 6.03. The van der Waals surface area contributed by atoms with Crippen LogP contribution in [0.25, 0.3) is 0 Å². The molecule has 1 aromatic carbocycles. The number of carbonyl (C=O) groups excluding carboxylic acids is 1. The van der Waals surface area contributed by atoms with Crippen molar-refractivity contribution in [3.05, 3.63) is 41.5 Å². The van der Waals surface area contributed by atoms with E-state index in [0.717, 1.165) is 18.6 Å². The maximum atomic E-state index is 12.0. The molecule has 1 N–H and O–H groups in total. The third-order valence-corrected chi connectivity index (χ3v) is 4.95. The Morgan fingerprint density at radius 2 is 2.25 bits per heavy atom. The standard InChI is InChI=1S/C17H19NO2/c1-2-20-12-5-3-10-8-16-15-7-11(17(19)18-16)4-6-13(15)14(10)9-12/h3-6,9,11,13,15-16H,2,7-8H2,1H3,(H,18,19). The first kappa shape index (κ1) is 12.0. The number of hydrogen-bond acceptors (Lipinski definition) is 2. The van der Waals surface area contributed by atoms with E-state index >= 15 is 0 Å². The molecule has 0 saturated carbocycles. The van der Waals surface area contributed by atoms with Crippen LogP contribution in [-0.4, -0.2) is 18.6 Å². The minimum absolute atomic E-state index is 0.0872. The molecular formula is C17H19NO2. The van der Waals surface area contributed by atoms with Gasteiger partial charge in [-0.2, -0.15) is 0 Å². The van der Waals surface area contributed by atoms with Gasteiger partial charge in [-0.3, -0.25) is 4.79 Å². The highest BCUT2D eigenvalue weighted by molar-refractivity contribution is 5.82. The van der Waals surface area contributed by atoms with Crippen molar-refractivity contribution in [2.75, 3.05) is 6.61 Å². The van der Waals surface area contributed by atoms with Gasteiger partial charge in [0.25, 0.3) is 0 Å². The molecule has 1 aromatic rings. The van der Waals surface area contributed by atoms with Gasteiger partial charge in [0, 0.05) is 12.0 Å². The number of rotatable bonds is 2. The fourth-order valence-corrected chi connectivity index (χ4v) is 4.02. The Hall–Kier alpha value is -1.77. The van der Waals surface area contributed by atoms with Crippen molar-refractivity contribution >= 4 is 5.91 Å². The van der Waals surface area contributed by atoms with Crippen LogP contribution in [0.5, 0.6) is 5.75 Å². The Morgan fingerprint density at radius 1 is 1.35 bits per heavy atom. The van der Waals surface area contributed by atoms with E-state index in [-0.39, 0.29) is 11.8 Å². The molecule has 1 aliphatic heterocycles. The fraction of sp³-hybridized carbons (Fsp3) is 0.471. The predicted octanol–water partition coefficient (Wildman–Crippen LogP) is 2.42. The van der Waals surface area contributed by atoms with E-state index in [2.05, 4.69) is 29.6 Å². The number of ether oxygens (including phenoxy) is 1. The van der Waals surface area contributed by atoms with Crippen molar-refractivity contribution in [1.82, 2.24) is 5.32 Å². The van der Waals surface area contributed by atoms with Gasteiger partial charge in [-0.1, -0.05) is 18.2 Å². The first-order chi connectivity index (χ1) is 9.76. The van der Waals surface area contributed by atoms with Gasteiger partial charge in [0.1, 0.15) is 5.75 Å². The molecule has 2 aliphatic carbocycles. The van der Waals surface area contributed by atoms with Crippen LogP contribution in [0.15, 0.2) is 30.4 Å². The summed E-state index contributed by atoms with van der Waals surface area (Å²) in [6, 6.07) is 6.71. The summed E-state index contributed by atoms with van der Waals surface area (Å²) < 4.78 is 5.64. The summed E-state index contributed by atoms with van der Waals surface area (Å²) in [5.41, 5.74) is 2.74. The smallest absolute Gasteiger partial charge is 0.227 e. The summed E-state index contributed by atoms with van der Waals surface area (Å²) in [6.07, 6.45) is 6.29. The Balaban J connectivity index is 1.78. The van der Waals surface area contributed by atoms with Crippen molar-refractivity contribution in [3.8, 4) is 5.75 Å². The summed E-state index contributed by atoms with van der Waals surface area (Å²) in [7, 11) is 0. The molecule has 1 fully saturated rings. The number of nitrogens with one attached hydrogen (secondary N) is 1. The van der Waals surface area contributed by atoms with Crippen molar-refractivity contribution in [1.29, 1.82) is 0 Å². The van der Waals surface area contributed by atoms with E-state index in [4.69, 9.17) is 4.74 Å². The summed E-state index contributed by atoms with van der Waals surface area (Å²) >= 11 is 0. The van der Waals surface area contributed by atoms with Crippen LogP contribution in [0, 0.1) is 11.8 Å². The van der Waals surface area contributed by atoms with E-state index in [1.165, 1.54) is 11.1 Å². The van der Waals surface area contributed by atoms with E-state index in [9.17, 15) is 4.79 Å². The summed E-state index contributed by atoms with van der Waals surface area (Å²) in [6.45, 7) is 2.71. The van der Waals surface area contributed by atoms with E-state index in [0.29, 0.717) is 24.5 Å². The zero-order chi connectivity index (χ0) is 13.7. The van der Waals surface area contributed by atoms with E-state index in [1.54, 1.807) is 0 Å². The lowest BCUT2D eigenvalue weighted by molar-refractivity contribution is -0.128. The quantitative estimate of drug-likeness (QED) is 0.837. The largest absolute Gasteiger partial charge is 0.494 e. The van der Waals surface area contributed by atoms with Crippen molar-refractivity contribution in [2.24, 2.45) is 11.8 Å². The Bertz CT molecular complexity index is 593. The third kappa shape index (κ3) is 1.69. The SMILES string of the molecule is CCOc1ccc2c(c1)C1C=CC3CC1C(C2)NC3=O. The normalized spacial score (nSPS) is 33.4. The summed E-state index contributed by atoms with van der Waals surface area (Å²) in [5, 5.41) is 3.21. The number of piperidine rings is 1. The number of fused-ring (bicyclic) bond motifs is 3. The molecule has 0 aromatic heterocycles.